The number of para-hydroxylation sites is 1. The largest absolute Gasteiger partial charge is 0.326 e. The molecule has 28 heavy (non-hydrogen) atoms. The van der Waals surface area contributed by atoms with Crippen molar-refractivity contribution in [2.75, 3.05) is 5.32 Å². The van der Waals surface area contributed by atoms with E-state index in [0.717, 1.165) is 36.8 Å². The van der Waals surface area contributed by atoms with E-state index in [1.165, 1.54) is 11.6 Å². The molecular formula is C23H22ClFN2O. The van der Waals surface area contributed by atoms with Crippen LogP contribution in [0.2, 0.25) is 5.02 Å². The van der Waals surface area contributed by atoms with Crippen LogP contribution in [0.15, 0.2) is 54.7 Å². The first-order chi connectivity index (χ1) is 13.6. The summed E-state index contributed by atoms with van der Waals surface area (Å²) in [7, 11) is 0. The number of nitrogens with zero attached hydrogens (tertiary/aromatic N) is 1. The molecule has 1 saturated carbocycles. The highest BCUT2D eigenvalue weighted by Gasteiger charge is 2.25. The summed E-state index contributed by atoms with van der Waals surface area (Å²) in [5, 5.41) is 4.50. The van der Waals surface area contributed by atoms with E-state index in [4.69, 9.17) is 11.6 Å². The van der Waals surface area contributed by atoms with Crippen LogP contribution in [0.25, 0.3) is 10.9 Å². The second kappa shape index (κ2) is 8.27. The van der Waals surface area contributed by atoms with Crippen LogP contribution in [0.3, 0.4) is 0 Å². The number of rotatable bonds is 4. The molecule has 1 amide bonds. The second-order valence-electron chi connectivity index (χ2n) is 7.51. The fraction of sp³-hybridized carbons (Fsp3) is 0.304. The molecule has 3 nitrogen and oxygen atoms in total. The lowest BCUT2D eigenvalue weighted by Gasteiger charge is -2.29. The molecule has 0 spiro atoms. The Kier molecular flexibility index (Phi) is 5.58. The minimum absolute atomic E-state index is 0.0437. The standard InChI is InChI=1S/C23H22ClFN2O/c24-17-8-10-18(11-9-17)27-22(28)14-15-4-6-16(7-5-15)19-12-13-26-23-20(19)2-1-3-21(23)25/h1-3,8-13,15-16H,4-7,14H2,(H,27,28)/t15-,16-. The van der Waals surface area contributed by atoms with Gasteiger partial charge in [0, 0.05) is 28.7 Å². The number of hydrogen-bond acceptors (Lipinski definition) is 2. The third-order valence-electron chi connectivity index (χ3n) is 5.64. The number of carbonyl (C=O) groups is 1. The maximum absolute atomic E-state index is 14.0. The van der Waals surface area contributed by atoms with Gasteiger partial charge in [-0.1, -0.05) is 23.7 Å². The van der Waals surface area contributed by atoms with E-state index in [2.05, 4.69) is 10.3 Å². The summed E-state index contributed by atoms with van der Waals surface area (Å²) in [6.45, 7) is 0. The van der Waals surface area contributed by atoms with Gasteiger partial charge in [0.1, 0.15) is 11.3 Å². The third kappa shape index (κ3) is 4.17. The lowest BCUT2D eigenvalue weighted by atomic mass is 9.77. The number of amides is 1. The van der Waals surface area contributed by atoms with Crippen LogP contribution < -0.4 is 5.32 Å². The number of pyridine rings is 1. The van der Waals surface area contributed by atoms with Gasteiger partial charge in [-0.2, -0.15) is 0 Å². The van der Waals surface area contributed by atoms with Crippen LogP contribution in [0.4, 0.5) is 10.1 Å². The predicted molar refractivity (Wildman–Crippen MR) is 111 cm³/mol. The molecule has 144 valence electrons. The molecule has 0 aliphatic heterocycles. The van der Waals surface area contributed by atoms with Gasteiger partial charge in [0.25, 0.3) is 0 Å². The number of nitrogens with one attached hydrogen (secondary N) is 1. The Morgan fingerprint density at radius 1 is 1.07 bits per heavy atom. The minimum Gasteiger partial charge on any atom is -0.326 e. The van der Waals surface area contributed by atoms with E-state index in [9.17, 15) is 9.18 Å². The SMILES string of the molecule is O=C(C[C@H]1CC[C@H](c2ccnc3c(F)cccc32)CC1)Nc1ccc(Cl)cc1. The van der Waals surface area contributed by atoms with Gasteiger partial charge in [-0.25, -0.2) is 4.39 Å². The van der Waals surface area contributed by atoms with Gasteiger partial charge in [-0.15, -0.1) is 0 Å². The fourth-order valence-electron chi connectivity index (χ4n) is 4.20. The van der Waals surface area contributed by atoms with Crippen molar-refractivity contribution in [1.82, 2.24) is 4.98 Å². The molecule has 1 aliphatic carbocycles. The molecule has 1 N–H and O–H groups in total. The molecule has 1 heterocycles. The third-order valence-corrected chi connectivity index (χ3v) is 5.90. The lowest BCUT2D eigenvalue weighted by molar-refractivity contribution is -0.117. The average molecular weight is 397 g/mol. The average Bonchev–Trinajstić information content (AvgIpc) is 2.70. The molecule has 0 saturated heterocycles. The maximum atomic E-state index is 14.0. The van der Waals surface area contributed by atoms with Crippen molar-refractivity contribution < 1.29 is 9.18 Å². The predicted octanol–water partition coefficient (Wildman–Crippen LogP) is 6.33. The maximum Gasteiger partial charge on any atom is 0.224 e. The molecule has 0 atom stereocenters. The number of anilines is 1. The summed E-state index contributed by atoms with van der Waals surface area (Å²) in [5.41, 5.74) is 2.39. The van der Waals surface area contributed by atoms with Crippen LogP contribution in [-0.2, 0) is 4.79 Å². The highest BCUT2D eigenvalue weighted by Crippen LogP contribution is 2.39. The summed E-state index contributed by atoms with van der Waals surface area (Å²) in [6, 6.07) is 14.3. The first kappa shape index (κ1) is 18.9. The molecule has 0 radical (unpaired) electrons. The quantitative estimate of drug-likeness (QED) is 0.559. The summed E-state index contributed by atoms with van der Waals surface area (Å²) >= 11 is 5.88. The van der Waals surface area contributed by atoms with E-state index >= 15 is 0 Å². The normalized spacial score (nSPS) is 19.5. The first-order valence-electron chi connectivity index (χ1n) is 9.68. The van der Waals surface area contributed by atoms with Crippen LogP contribution in [0.1, 0.15) is 43.6 Å². The zero-order chi connectivity index (χ0) is 19.5. The number of fused-ring (bicyclic) bond motifs is 1. The van der Waals surface area contributed by atoms with Gasteiger partial charge in [0.05, 0.1) is 0 Å². The highest BCUT2D eigenvalue weighted by atomic mass is 35.5. The van der Waals surface area contributed by atoms with Gasteiger partial charge in [0.15, 0.2) is 0 Å². The highest BCUT2D eigenvalue weighted by molar-refractivity contribution is 6.30. The van der Waals surface area contributed by atoms with E-state index in [0.29, 0.717) is 28.8 Å². The Morgan fingerprint density at radius 3 is 2.57 bits per heavy atom. The molecule has 4 rings (SSSR count). The van der Waals surface area contributed by atoms with Crippen molar-refractivity contribution in [1.29, 1.82) is 0 Å². The Balaban J connectivity index is 1.37. The number of aromatic nitrogens is 1. The summed E-state index contributed by atoms with van der Waals surface area (Å²) < 4.78 is 14.0. The van der Waals surface area contributed by atoms with Crippen LogP contribution in [0, 0.1) is 11.7 Å². The van der Waals surface area contributed by atoms with Crippen molar-refractivity contribution in [3.63, 3.8) is 0 Å². The van der Waals surface area contributed by atoms with E-state index in [-0.39, 0.29) is 11.7 Å². The Hall–Kier alpha value is -2.46. The van der Waals surface area contributed by atoms with Crippen molar-refractivity contribution in [3.8, 4) is 0 Å². The summed E-state index contributed by atoms with van der Waals surface area (Å²) in [6.07, 6.45) is 6.24. The zero-order valence-electron chi connectivity index (χ0n) is 15.5. The van der Waals surface area contributed by atoms with Crippen LogP contribution in [0.5, 0.6) is 0 Å². The molecule has 1 fully saturated rings. The summed E-state index contributed by atoms with van der Waals surface area (Å²) in [5.74, 6) is 0.547. The zero-order valence-corrected chi connectivity index (χ0v) is 16.3. The van der Waals surface area contributed by atoms with Crippen molar-refractivity contribution >= 4 is 34.1 Å². The molecule has 3 aromatic rings. The molecule has 1 aromatic heterocycles. The van der Waals surface area contributed by atoms with E-state index in [1.807, 2.05) is 24.3 Å². The Morgan fingerprint density at radius 2 is 1.82 bits per heavy atom. The smallest absolute Gasteiger partial charge is 0.224 e. The van der Waals surface area contributed by atoms with Crippen molar-refractivity contribution in [2.24, 2.45) is 5.92 Å². The van der Waals surface area contributed by atoms with E-state index in [1.54, 1.807) is 24.4 Å². The van der Waals surface area contributed by atoms with Gasteiger partial charge >= 0.3 is 0 Å². The lowest BCUT2D eigenvalue weighted by Crippen LogP contribution is -2.20. The molecule has 1 aliphatic rings. The first-order valence-corrected chi connectivity index (χ1v) is 10.1. The molecule has 5 heteroatoms. The van der Waals surface area contributed by atoms with Crippen molar-refractivity contribution in [3.05, 3.63) is 71.1 Å². The number of benzene rings is 2. The van der Waals surface area contributed by atoms with Gasteiger partial charge < -0.3 is 5.32 Å². The van der Waals surface area contributed by atoms with Gasteiger partial charge in [-0.3, -0.25) is 9.78 Å². The van der Waals surface area contributed by atoms with E-state index < -0.39 is 0 Å². The van der Waals surface area contributed by atoms with Crippen LogP contribution >= 0.6 is 11.6 Å². The van der Waals surface area contributed by atoms with Gasteiger partial charge in [0.2, 0.25) is 5.91 Å². The van der Waals surface area contributed by atoms with Gasteiger partial charge in [-0.05, 0) is 79.5 Å². The molecule has 0 unspecified atom stereocenters. The second-order valence-corrected chi connectivity index (χ2v) is 7.95. The molecular weight excluding hydrogens is 375 g/mol. The monoisotopic (exact) mass is 396 g/mol. The van der Waals surface area contributed by atoms with Crippen molar-refractivity contribution in [2.45, 2.75) is 38.0 Å². The topological polar surface area (TPSA) is 42.0 Å². The number of halogens is 2. The number of carbonyl (C=O) groups excluding carboxylic acids is 1. The molecule has 0 bridgehead atoms. The number of hydrogen-bond donors (Lipinski definition) is 1. The van der Waals surface area contributed by atoms with Crippen LogP contribution in [-0.4, -0.2) is 10.9 Å². The minimum atomic E-state index is -0.271. The Labute approximate surface area is 168 Å². The summed E-state index contributed by atoms with van der Waals surface area (Å²) in [4.78, 5) is 16.5. The molecule has 2 aromatic carbocycles. The fourth-order valence-corrected chi connectivity index (χ4v) is 4.33. The Bertz CT molecular complexity index is 982.